The molecule has 0 saturated carbocycles. The van der Waals surface area contributed by atoms with Crippen molar-refractivity contribution in [3.05, 3.63) is 6.57 Å². The van der Waals surface area contributed by atoms with Gasteiger partial charge in [-0.15, -0.1) is 0 Å². The molecule has 2 nitrogen and oxygen atoms in total. The van der Waals surface area contributed by atoms with E-state index >= 15 is 0 Å². The highest BCUT2D eigenvalue weighted by atomic mass is 15.2. The van der Waals surface area contributed by atoms with Crippen LogP contribution in [0.5, 0.6) is 0 Å². The Kier molecular flexibility index (Phi) is 13.5. The van der Waals surface area contributed by atoms with Crippen LogP contribution in [-0.2, 0) is 0 Å². The fourth-order valence-corrected chi connectivity index (χ4v) is 3.29. The van der Waals surface area contributed by atoms with Crippen LogP contribution >= 0.6 is 0 Å². The summed E-state index contributed by atoms with van der Waals surface area (Å²) < 4.78 is 0. The molecule has 1 N–H and O–H groups in total. The molecule has 0 aromatic rings. The molecule has 112 valence electrons. The third-order valence-electron chi connectivity index (χ3n) is 4.47. The molecule has 0 amide bonds. The predicted molar refractivity (Wildman–Crippen MR) is 81.6 cm³/mol. The smallest absolute Gasteiger partial charge is 0.0874 e. The van der Waals surface area contributed by atoms with Crippen LogP contribution in [0.4, 0.5) is 0 Å². The van der Waals surface area contributed by atoms with Gasteiger partial charge in [-0.25, -0.2) is 0 Å². The van der Waals surface area contributed by atoms with Crippen molar-refractivity contribution in [1.29, 1.82) is 5.26 Å². The summed E-state index contributed by atoms with van der Waals surface area (Å²) in [5.74, 6) is 0. The number of hydrogen-bond donors (Lipinski definition) is 1. The second-order valence-electron chi connectivity index (χ2n) is 5.88. The van der Waals surface area contributed by atoms with Crippen molar-refractivity contribution in [2.45, 2.75) is 90.5 Å². The second kappa shape index (κ2) is 13.9. The van der Waals surface area contributed by atoms with Gasteiger partial charge in [0.15, 0.2) is 0 Å². The van der Waals surface area contributed by atoms with Crippen LogP contribution in [0.15, 0.2) is 0 Å². The maximum atomic E-state index is 6.25. The van der Waals surface area contributed by atoms with Gasteiger partial charge >= 0.3 is 0 Å². The van der Waals surface area contributed by atoms with Gasteiger partial charge in [-0.1, -0.05) is 52.4 Å². The molecule has 19 heavy (non-hydrogen) atoms. The molecule has 2 heteroatoms. The molecule has 0 aliphatic carbocycles. The fourth-order valence-electron chi connectivity index (χ4n) is 3.29. The second-order valence-corrected chi connectivity index (χ2v) is 5.88. The molecule has 2 atom stereocenters. The van der Waals surface area contributed by atoms with E-state index in [4.69, 9.17) is 11.8 Å². The molecule has 1 saturated heterocycles. The van der Waals surface area contributed by atoms with Crippen LogP contribution in [-0.4, -0.2) is 19.1 Å². The minimum Gasteiger partial charge on any atom is -0.512 e. The van der Waals surface area contributed by atoms with Crippen molar-refractivity contribution < 1.29 is 4.90 Å². The van der Waals surface area contributed by atoms with Crippen molar-refractivity contribution in [1.82, 2.24) is 0 Å². The normalized spacial score (nSPS) is 21.9. The van der Waals surface area contributed by atoms with Crippen LogP contribution in [0.25, 0.3) is 0 Å². The van der Waals surface area contributed by atoms with E-state index in [0.29, 0.717) is 0 Å². The number of rotatable bonds is 10. The Morgan fingerprint density at radius 2 is 1.53 bits per heavy atom. The van der Waals surface area contributed by atoms with Crippen LogP contribution in [0, 0.1) is 11.8 Å². The van der Waals surface area contributed by atoms with Gasteiger partial charge in [-0.3, -0.25) is 0 Å². The summed E-state index contributed by atoms with van der Waals surface area (Å²) in [6.07, 6.45) is 16.0. The first-order chi connectivity index (χ1) is 9.38. The maximum Gasteiger partial charge on any atom is 0.0874 e. The van der Waals surface area contributed by atoms with Crippen molar-refractivity contribution >= 4 is 0 Å². The lowest BCUT2D eigenvalue weighted by atomic mass is 10.1. The third kappa shape index (κ3) is 9.05. The molecule has 1 fully saturated rings. The van der Waals surface area contributed by atoms with Gasteiger partial charge < -0.3 is 16.7 Å². The molecule has 0 aromatic heterocycles. The highest BCUT2D eigenvalue weighted by Crippen LogP contribution is 2.08. The number of likely N-dealkylation sites (tertiary alicyclic amines) is 1. The van der Waals surface area contributed by atoms with Crippen LogP contribution < -0.4 is 4.90 Å². The quantitative estimate of drug-likeness (QED) is 0.474. The van der Waals surface area contributed by atoms with Crippen LogP contribution in [0.3, 0.4) is 0 Å². The zero-order valence-electron chi connectivity index (χ0n) is 13.2. The Hall–Kier alpha value is -0.550. The summed E-state index contributed by atoms with van der Waals surface area (Å²) in [6.45, 7) is 12.3. The fraction of sp³-hybridized carbons (Fsp3) is 0.941. The van der Waals surface area contributed by atoms with Gasteiger partial charge in [-0.2, -0.15) is 0 Å². The number of unbranched alkanes of at least 4 members (excludes halogenated alkanes) is 7. The molecule has 1 aliphatic rings. The van der Waals surface area contributed by atoms with Crippen LogP contribution in [0.1, 0.15) is 84.5 Å². The van der Waals surface area contributed by atoms with Crippen molar-refractivity contribution in [3.63, 3.8) is 0 Å². The zero-order chi connectivity index (χ0) is 14.3. The highest BCUT2D eigenvalue weighted by molar-refractivity contribution is 4.60. The SMILES string of the molecule is CCCCCCCCCC[NH+]1CCCC1CC.[C-]#N. The van der Waals surface area contributed by atoms with Crippen molar-refractivity contribution in [3.8, 4) is 0 Å². The first-order valence-corrected chi connectivity index (χ1v) is 8.45. The van der Waals surface area contributed by atoms with E-state index in [1.807, 2.05) is 4.90 Å². The number of nitrogens with one attached hydrogen (secondary N) is 1. The summed E-state index contributed by atoms with van der Waals surface area (Å²) in [5.41, 5.74) is 0. The number of hydrogen-bond acceptors (Lipinski definition) is 1. The Morgan fingerprint density at radius 1 is 0.947 bits per heavy atom. The summed E-state index contributed by atoms with van der Waals surface area (Å²) in [6, 6.07) is 1.000. The first-order valence-electron chi connectivity index (χ1n) is 8.45. The van der Waals surface area contributed by atoms with E-state index < -0.39 is 0 Å². The molecule has 1 heterocycles. The summed E-state index contributed by atoms with van der Waals surface area (Å²) in [4.78, 5) is 1.92. The summed E-state index contributed by atoms with van der Waals surface area (Å²) >= 11 is 0. The minimum absolute atomic E-state index is 1.000. The molecule has 0 spiro atoms. The first kappa shape index (κ1) is 18.4. The topological polar surface area (TPSA) is 28.2 Å². The molecule has 0 bridgehead atoms. The predicted octanol–water partition coefficient (Wildman–Crippen LogP) is 3.68. The maximum absolute atomic E-state index is 6.25. The van der Waals surface area contributed by atoms with Gasteiger partial charge in [0, 0.05) is 12.8 Å². The largest absolute Gasteiger partial charge is 0.512 e. The minimum atomic E-state index is 1.000. The van der Waals surface area contributed by atoms with E-state index in [0.717, 1.165) is 6.04 Å². The number of quaternary nitrogens is 1. The lowest BCUT2D eigenvalue weighted by Gasteiger charge is -2.20. The van der Waals surface area contributed by atoms with E-state index in [1.54, 1.807) is 0 Å². The Morgan fingerprint density at radius 3 is 2.11 bits per heavy atom. The van der Waals surface area contributed by atoms with Crippen molar-refractivity contribution in [2.75, 3.05) is 13.1 Å². The Labute approximate surface area is 121 Å². The van der Waals surface area contributed by atoms with Crippen LogP contribution in [0.2, 0.25) is 0 Å². The molecule has 0 radical (unpaired) electrons. The average molecular weight is 266 g/mol. The van der Waals surface area contributed by atoms with Gasteiger partial charge in [0.05, 0.1) is 19.1 Å². The molecule has 1 aliphatic heterocycles. The monoisotopic (exact) mass is 266 g/mol. The van der Waals surface area contributed by atoms with E-state index in [1.165, 1.54) is 83.7 Å². The average Bonchev–Trinajstić information content (AvgIpc) is 2.91. The third-order valence-corrected chi connectivity index (χ3v) is 4.47. The van der Waals surface area contributed by atoms with Crippen molar-refractivity contribution in [2.24, 2.45) is 0 Å². The molecule has 2 unspecified atom stereocenters. The standard InChI is InChI=1S/C16H33N.CN/c1-3-5-6-7-8-9-10-11-14-17-15-12-13-16(17)4-2;1-2/h16H,3-15H2,1-2H3;/q;-1/p+1. The lowest BCUT2D eigenvalue weighted by Crippen LogP contribution is -3.13. The van der Waals surface area contributed by atoms with Gasteiger partial charge in [0.2, 0.25) is 0 Å². The molecule has 1 rings (SSSR count). The summed E-state index contributed by atoms with van der Waals surface area (Å²) in [5, 5.41) is 6.25. The van der Waals surface area contributed by atoms with Gasteiger partial charge in [0.1, 0.15) is 0 Å². The zero-order valence-corrected chi connectivity index (χ0v) is 13.2. The van der Waals surface area contributed by atoms with E-state index in [9.17, 15) is 0 Å². The van der Waals surface area contributed by atoms with Gasteiger partial charge in [-0.05, 0) is 19.3 Å². The lowest BCUT2D eigenvalue weighted by molar-refractivity contribution is -0.912. The molecule has 0 aromatic carbocycles. The van der Waals surface area contributed by atoms with E-state index in [2.05, 4.69) is 13.8 Å². The molecular formula is C17H34N2. The van der Waals surface area contributed by atoms with E-state index in [-0.39, 0.29) is 0 Å². The summed E-state index contributed by atoms with van der Waals surface area (Å²) in [7, 11) is 0. The highest BCUT2D eigenvalue weighted by Gasteiger charge is 2.25. The molecular weight excluding hydrogens is 232 g/mol. The Bertz CT molecular complexity index is 201. The van der Waals surface area contributed by atoms with Gasteiger partial charge in [0.25, 0.3) is 0 Å². The Balaban J connectivity index is 0.00000154. The number of nitrogens with zero attached hydrogens (tertiary/aromatic N) is 1.